The van der Waals surface area contributed by atoms with Crippen molar-refractivity contribution in [2.24, 2.45) is 0 Å². The maximum Gasteiger partial charge on any atom is 0.522 e. The van der Waals surface area contributed by atoms with Crippen LogP contribution in [0.15, 0.2) is 85.2 Å². The Bertz CT molecular complexity index is 1240. The number of methoxy groups -OCH3 is 2. The molecule has 0 amide bonds. The minimum absolute atomic E-state index is 0.272. The molecule has 7 heteroatoms. The van der Waals surface area contributed by atoms with E-state index >= 15 is 0 Å². The molecule has 4 aromatic rings. The number of hydrogen-bond donors (Lipinski definition) is 0. The Labute approximate surface area is 236 Å². The third-order valence-electron chi connectivity index (χ3n) is 6.70. The lowest BCUT2D eigenvalue weighted by Crippen LogP contribution is -2.17. The van der Waals surface area contributed by atoms with Crippen molar-refractivity contribution < 1.29 is 23.7 Å². The highest BCUT2D eigenvalue weighted by Gasteiger charge is 2.15. The number of pyridine rings is 2. The van der Waals surface area contributed by atoms with Crippen LogP contribution in [0.3, 0.4) is 0 Å². The van der Waals surface area contributed by atoms with Crippen LogP contribution in [0.4, 0.5) is 4.79 Å². The van der Waals surface area contributed by atoms with E-state index in [-0.39, 0.29) is 11.8 Å². The van der Waals surface area contributed by atoms with Crippen LogP contribution in [0.25, 0.3) is 0 Å². The molecule has 0 saturated carbocycles. The summed E-state index contributed by atoms with van der Waals surface area (Å²) < 4.78 is 21.5. The number of aromatic nitrogens is 2. The van der Waals surface area contributed by atoms with E-state index in [4.69, 9.17) is 18.9 Å². The molecule has 0 fully saturated rings. The van der Waals surface area contributed by atoms with E-state index in [0.29, 0.717) is 0 Å². The zero-order valence-corrected chi connectivity index (χ0v) is 23.2. The maximum atomic E-state index is 12.7. The predicted molar refractivity (Wildman–Crippen MR) is 154 cm³/mol. The summed E-state index contributed by atoms with van der Waals surface area (Å²) in [6.45, 7) is 0. The van der Waals surface area contributed by atoms with Gasteiger partial charge in [0, 0.05) is 23.5 Å². The quantitative estimate of drug-likeness (QED) is 0.124. The lowest BCUT2D eigenvalue weighted by Gasteiger charge is -2.11. The lowest BCUT2D eigenvalue weighted by molar-refractivity contribution is 0.147. The summed E-state index contributed by atoms with van der Waals surface area (Å²) in [6, 6.07) is 23.8. The predicted octanol–water partition coefficient (Wildman–Crippen LogP) is 7.20. The molecule has 4 rings (SSSR count). The van der Waals surface area contributed by atoms with Crippen molar-refractivity contribution in [3.63, 3.8) is 0 Å². The van der Waals surface area contributed by atoms with Gasteiger partial charge in [-0.25, -0.2) is 14.8 Å². The fraction of sp³-hybridized carbons (Fsp3) is 0.303. The van der Waals surface area contributed by atoms with Crippen LogP contribution in [0.1, 0.15) is 47.9 Å². The first-order chi connectivity index (χ1) is 19.6. The molecule has 2 heterocycles. The molecule has 2 aromatic heterocycles. The Morgan fingerprint density at radius 3 is 1.38 bits per heavy atom. The van der Waals surface area contributed by atoms with Crippen LogP contribution >= 0.6 is 0 Å². The molecule has 2 aromatic carbocycles. The van der Waals surface area contributed by atoms with Crippen LogP contribution in [-0.4, -0.2) is 30.3 Å². The number of carbonyl (C=O) groups excluding carboxylic acids is 1. The number of nitrogens with zero attached hydrogens (tertiary/aromatic N) is 2. The summed E-state index contributed by atoms with van der Waals surface area (Å²) in [5.41, 5.74) is 4.26. The highest BCUT2D eigenvalue weighted by Crippen LogP contribution is 2.22. The molecular formula is C33H36N2O5. The number of aryl methyl sites for hydroxylation is 4. The van der Waals surface area contributed by atoms with Crippen LogP contribution in [0, 0.1) is 0 Å². The molecule has 0 aliphatic heterocycles. The molecule has 0 saturated heterocycles. The van der Waals surface area contributed by atoms with Gasteiger partial charge >= 0.3 is 6.16 Å². The van der Waals surface area contributed by atoms with Gasteiger partial charge in [-0.1, -0.05) is 36.4 Å². The summed E-state index contributed by atoms with van der Waals surface area (Å²) >= 11 is 0. The lowest BCUT2D eigenvalue weighted by atomic mass is 10.0. The second-order valence-corrected chi connectivity index (χ2v) is 9.50. The average molecular weight is 541 g/mol. The number of carbonyl (C=O) groups is 1. The zero-order chi connectivity index (χ0) is 28.0. The largest absolute Gasteiger partial charge is 0.522 e. The Kier molecular flexibility index (Phi) is 10.9. The van der Waals surface area contributed by atoms with Crippen molar-refractivity contribution in [3.8, 4) is 23.3 Å². The van der Waals surface area contributed by atoms with Crippen LogP contribution in [0.2, 0.25) is 0 Å². The molecule has 0 unspecified atom stereocenters. The van der Waals surface area contributed by atoms with Gasteiger partial charge in [0.15, 0.2) is 0 Å². The van der Waals surface area contributed by atoms with Crippen molar-refractivity contribution in [2.75, 3.05) is 14.2 Å². The third-order valence-corrected chi connectivity index (χ3v) is 6.70. The van der Waals surface area contributed by atoms with Gasteiger partial charge in [0.25, 0.3) is 0 Å². The first-order valence-corrected chi connectivity index (χ1v) is 13.7. The SMILES string of the molecule is COc1ccc(CCCCc2cccnc2OC(=O)Oc2ncccc2CCCCc2ccc(OC)cc2)cc1. The van der Waals surface area contributed by atoms with Crippen LogP contribution in [-0.2, 0) is 25.7 Å². The maximum absolute atomic E-state index is 12.7. The normalized spacial score (nSPS) is 10.7. The molecule has 0 aliphatic rings. The first kappa shape index (κ1) is 28.6. The number of rotatable bonds is 14. The van der Waals surface area contributed by atoms with Crippen molar-refractivity contribution in [3.05, 3.63) is 107 Å². The molecule has 40 heavy (non-hydrogen) atoms. The van der Waals surface area contributed by atoms with Gasteiger partial charge in [0.2, 0.25) is 11.8 Å². The monoisotopic (exact) mass is 540 g/mol. The van der Waals surface area contributed by atoms with Crippen molar-refractivity contribution >= 4 is 6.16 Å². The summed E-state index contributed by atoms with van der Waals surface area (Å²) in [5, 5.41) is 0. The Morgan fingerprint density at radius 2 is 0.975 bits per heavy atom. The summed E-state index contributed by atoms with van der Waals surface area (Å²) in [7, 11) is 3.33. The molecule has 0 atom stereocenters. The van der Waals surface area contributed by atoms with Gasteiger partial charge in [0.05, 0.1) is 14.2 Å². The van der Waals surface area contributed by atoms with Crippen molar-refractivity contribution in [1.29, 1.82) is 0 Å². The first-order valence-electron chi connectivity index (χ1n) is 13.7. The average Bonchev–Trinajstić information content (AvgIpc) is 2.99. The topological polar surface area (TPSA) is 79.8 Å². The molecule has 7 nitrogen and oxygen atoms in total. The van der Waals surface area contributed by atoms with E-state index in [2.05, 4.69) is 34.2 Å². The second kappa shape index (κ2) is 15.3. The minimum atomic E-state index is -0.837. The van der Waals surface area contributed by atoms with Crippen LogP contribution in [0.5, 0.6) is 23.3 Å². The zero-order valence-electron chi connectivity index (χ0n) is 23.2. The molecule has 208 valence electrons. The van der Waals surface area contributed by atoms with Gasteiger partial charge in [-0.2, -0.15) is 0 Å². The van der Waals surface area contributed by atoms with E-state index in [1.54, 1.807) is 26.6 Å². The van der Waals surface area contributed by atoms with E-state index in [1.807, 2.05) is 48.5 Å². The minimum Gasteiger partial charge on any atom is -0.497 e. The third kappa shape index (κ3) is 8.83. The molecule has 0 N–H and O–H groups in total. The van der Waals surface area contributed by atoms with E-state index < -0.39 is 6.16 Å². The number of unbranched alkanes of at least 4 members (excludes halogenated alkanes) is 2. The molecule has 0 spiro atoms. The fourth-order valence-corrected chi connectivity index (χ4v) is 4.46. The summed E-state index contributed by atoms with van der Waals surface area (Å²) in [4.78, 5) is 21.2. The highest BCUT2D eigenvalue weighted by atomic mass is 16.7. The summed E-state index contributed by atoms with van der Waals surface area (Å²) in [5.74, 6) is 2.26. The highest BCUT2D eigenvalue weighted by molar-refractivity contribution is 5.66. The van der Waals surface area contributed by atoms with Gasteiger partial charge in [0.1, 0.15) is 11.5 Å². The molecule has 0 aliphatic carbocycles. The number of hydrogen-bond acceptors (Lipinski definition) is 7. The van der Waals surface area contributed by atoms with Gasteiger partial charge in [-0.05, 0) is 98.9 Å². The Morgan fingerprint density at radius 1 is 0.575 bits per heavy atom. The van der Waals surface area contributed by atoms with Gasteiger partial charge in [-0.3, -0.25) is 0 Å². The van der Waals surface area contributed by atoms with Gasteiger partial charge in [-0.15, -0.1) is 0 Å². The smallest absolute Gasteiger partial charge is 0.497 e. The number of ether oxygens (including phenoxy) is 4. The second-order valence-electron chi connectivity index (χ2n) is 9.50. The Balaban J connectivity index is 1.24. The van der Waals surface area contributed by atoms with Gasteiger partial charge < -0.3 is 18.9 Å². The van der Waals surface area contributed by atoms with E-state index in [0.717, 1.165) is 74.0 Å². The van der Waals surface area contributed by atoms with Crippen molar-refractivity contribution in [2.45, 2.75) is 51.4 Å². The standard InChI is InChI=1S/C33H36N2O5/c1-37-29-19-15-25(16-20-29)9-3-5-11-27-13-7-23-34-31(27)39-33(36)40-32-28(14-8-24-35-32)12-6-4-10-26-17-21-30(38-2)22-18-26/h7-8,13-24H,3-6,9-12H2,1-2H3. The van der Waals surface area contributed by atoms with Crippen molar-refractivity contribution in [1.82, 2.24) is 9.97 Å². The summed E-state index contributed by atoms with van der Waals surface area (Å²) in [6.07, 6.45) is 9.67. The molecular weight excluding hydrogens is 504 g/mol. The fourth-order valence-electron chi connectivity index (χ4n) is 4.46. The van der Waals surface area contributed by atoms with E-state index in [9.17, 15) is 4.79 Å². The molecule has 0 radical (unpaired) electrons. The van der Waals surface area contributed by atoms with E-state index in [1.165, 1.54) is 11.1 Å². The number of benzene rings is 2. The van der Waals surface area contributed by atoms with Crippen LogP contribution < -0.4 is 18.9 Å². The Hall–Kier alpha value is -4.39. The molecule has 0 bridgehead atoms.